The quantitative estimate of drug-likeness (QED) is 0.721. The highest BCUT2D eigenvalue weighted by atomic mass is 15.6. The fourth-order valence-corrected chi connectivity index (χ4v) is 1.55. The number of aryl methyl sites for hydroxylation is 1. The van der Waals surface area contributed by atoms with Crippen molar-refractivity contribution >= 4 is 0 Å². The number of nitrogens with zero attached hydrogens (tertiary/aromatic N) is 4. The highest BCUT2D eigenvalue weighted by molar-refractivity contribution is 5.27. The van der Waals surface area contributed by atoms with Crippen LogP contribution in [0.1, 0.15) is 32.0 Å². The standard InChI is InChI=1S/C12H16N4/c1-2-3-5-10-12-13-15-16(14-12)11-8-6-4-7-9-11/h4,6-9H,2-3,5,10H2,1H3. The third kappa shape index (κ3) is 2.66. The van der Waals surface area contributed by atoms with E-state index in [-0.39, 0.29) is 0 Å². The Kier molecular flexibility index (Phi) is 3.64. The molecule has 1 aromatic carbocycles. The summed E-state index contributed by atoms with van der Waals surface area (Å²) >= 11 is 0. The van der Waals surface area contributed by atoms with Crippen LogP contribution in [-0.4, -0.2) is 20.2 Å². The molecule has 0 fully saturated rings. The molecule has 1 aromatic heterocycles. The molecule has 4 nitrogen and oxygen atoms in total. The molecule has 0 amide bonds. The summed E-state index contributed by atoms with van der Waals surface area (Å²) in [7, 11) is 0. The number of rotatable bonds is 5. The first-order valence-corrected chi connectivity index (χ1v) is 5.74. The van der Waals surface area contributed by atoms with E-state index in [1.54, 1.807) is 4.80 Å². The maximum absolute atomic E-state index is 4.35. The van der Waals surface area contributed by atoms with Gasteiger partial charge < -0.3 is 0 Å². The van der Waals surface area contributed by atoms with Gasteiger partial charge in [0.2, 0.25) is 0 Å². The van der Waals surface area contributed by atoms with Gasteiger partial charge in [0.15, 0.2) is 5.82 Å². The minimum atomic E-state index is 0.831. The molecule has 0 atom stereocenters. The largest absolute Gasteiger partial charge is 0.175 e. The van der Waals surface area contributed by atoms with E-state index in [0.29, 0.717) is 0 Å². The molecule has 0 aliphatic rings. The highest BCUT2D eigenvalue weighted by Crippen LogP contribution is 2.04. The van der Waals surface area contributed by atoms with E-state index < -0.39 is 0 Å². The Labute approximate surface area is 95.3 Å². The molecule has 0 spiro atoms. The van der Waals surface area contributed by atoms with Gasteiger partial charge in [-0.25, -0.2) is 0 Å². The smallest absolute Gasteiger partial charge is 0.131 e. The summed E-state index contributed by atoms with van der Waals surface area (Å²) in [5.41, 5.74) is 0.955. The molecule has 0 saturated heterocycles. The summed E-state index contributed by atoms with van der Waals surface area (Å²) in [5, 5.41) is 12.4. The van der Waals surface area contributed by atoms with Gasteiger partial charge in [0.05, 0.1) is 5.69 Å². The van der Waals surface area contributed by atoms with Gasteiger partial charge in [-0.3, -0.25) is 0 Å². The monoisotopic (exact) mass is 216 g/mol. The second-order valence-corrected chi connectivity index (χ2v) is 3.79. The van der Waals surface area contributed by atoms with Crippen LogP contribution in [0.2, 0.25) is 0 Å². The van der Waals surface area contributed by atoms with E-state index in [0.717, 1.165) is 24.4 Å². The maximum atomic E-state index is 4.35. The number of unbranched alkanes of at least 4 members (excludes halogenated alkanes) is 2. The Morgan fingerprint density at radius 2 is 1.94 bits per heavy atom. The van der Waals surface area contributed by atoms with Crippen molar-refractivity contribution in [3.63, 3.8) is 0 Å². The molecule has 0 radical (unpaired) electrons. The van der Waals surface area contributed by atoms with Gasteiger partial charge in [-0.05, 0) is 23.8 Å². The number of aromatic nitrogens is 4. The van der Waals surface area contributed by atoms with E-state index in [9.17, 15) is 0 Å². The summed E-state index contributed by atoms with van der Waals surface area (Å²) in [6.07, 6.45) is 4.49. The number of tetrazole rings is 1. The summed E-state index contributed by atoms with van der Waals surface area (Å²) < 4.78 is 0. The van der Waals surface area contributed by atoms with Crippen LogP contribution in [0.25, 0.3) is 5.69 Å². The lowest BCUT2D eigenvalue weighted by Gasteiger charge is -1.95. The average Bonchev–Trinajstić information content (AvgIpc) is 2.79. The summed E-state index contributed by atoms with van der Waals surface area (Å²) in [6.45, 7) is 2.19. The second kappa shape index (κ2) is 5.39. The van der Waals surface area contributed by atoms with Gasteiger partial charge in [0, 0.05) is 6.42 Å². The molecule has 1 heterocycles. The highest BCUT2D eigenvalue weighted by Gasteiger charge is 2.03. The zero-order valence-corrected chi connectivity index (χ0v) is 9.50. The molecular formula is C12H16N4. The molecule has 0 saturated carbocycles. The summed E-state index contributed by atoms with van der Waals surface area (Å²) in [6, 6.07) is 9.85. The molecule has 0 N–H and O–H groups in total. The van der Waals surface area contributed by atoms with Crippen LogP contribution in [0.15, 0.2) is 30.3 Å². The molecule has 4 heteroatoms. The fraction of sp³-hybridized carbons (Fsp3) is 0.417. The van der Waals surface area contributed by atoms with Crippen molar-refractivity contribution in [3.8, 4) is 5.69 Å². The Hall–Kier alpha value is -1.71. The van der Waals surface area contributed by atoms with Crippen LogP contribution in [0, 0.1) is 0 Å². The molecule has 2 aromatic rings. The minimum absolute atomic E-state index is 0.831. The van der Waals surface area contributed by atoms with E-state index >= 15 is 0 Å². The molecule has 0 aliphatic carbocycles. The Balaban J connectivity index is 2.02. The molecule has 16 heavy (non-hydrogen) atoms. The molecule has 84 valence electrons. The predicted octanol–water partition coefficient (Wildman–Crippen LogP) is 2.40. The average molecular weight is 216 g/mol. The molecule has 0 bridgehead atoms. The third-order valence-electron chi connectivity index (χ3n) is 2.45. The maximum Gasteiger partial charge on any atom is 0.175 e. The second-order valence-electron chi connectivity index (χ2n) is 3.79. The van der Waals surface area contributed by atoms with Crippen molar-refractivity contribution in [2.75, 3.05) is 0 Å². The lowest BCUT2D eigenvalue weighted by Crippen LogP contribution is -1.98. The van der Waals surface area contributed by atoms with Crippen molar-refractivity contribution in [1.29, 1.82) is 0 Å². The predicted molar refractivity (Wildman–Crippen MR) is 62.4 cm³/mol. The Morgan fingerprint density at radius 1 is 1.12 bits per heavy atom. The SMILES string of the molecule is CCCCCc1nnn(-c2ccccc2)n1. The molecule has 2 rings (SSSR count). The van der Waals surface area contributed by atoms with E-state index in [1.165, 1.54) is 12.8 Å². The molecule has 0 unspecified atom stereocenters. The third-order valence-corrected chi connectivity index (χ3v) is 2.45. The van der Waals surface area contributed by atoms with Crippen LogP contribution in [0.4, 0.5) is 0 Å². The normalized spacial score (nSPS) is 10.6. The van der Waals surface area contributed by atoms with E-state index in [1.807, 2.05) is 30.3 Å². The fourth-order valence-electron chi connectivity index (χ4n) is 1.55. The van der Waals surface area contributed by atoms with Gasteiger partial charge in [-0.1, -0.05) is 38.0 Å². The zero-order chi connectivity index (χ0) is 11.2. The number of para-hydroxylation sites is 1. The van der Waals surface area contributed by atoms with Gasteiger partial charge in [0.1, 0.15) is 0 Å². The summed E-state index contributed by atoms with van der Waals surface area (Å²) in [4.78, 5) is 1.58. The Morgan fingerprint density at radius 3 is 2.69 bits per heavy atom. The van der Waals surface area contributed by atoms with Gasteiger partial charge in [0.25, 0.3) is 0 Å². The van der Waals surface area contributed by atoms with Crippen molar-refractivity contribution in [1.82, 2.24) is 20.2 Å². The van der Waals surface area contributed by atoms with Gasteiger partial charge in [-0.2, -0.15) is 0 Å². The van der Waals surface area contributed by atoms with Crippen molar-refractivity contribution < 1.29 is 0 Å². The van der Waals surface area contributed by atoms with Crippen LogP contribution >= 0.6 is 0 Å². The summed E-state index contributed by atoms with van der Waals surface area (Å²) in [5.74, 6) is 0.831. The van der Waals surface area contributed by atoms with Crippen LogP contribution in [0.5, 0.6) is 0 Å². The van der Waals surface area contributed by atoms with Crippen molar-refractivity contribution in [2.45, 2.75) is 32.6 Å². The lowest BCUT2D eigenvalue weighted by atomic mass is 10.2. The first-order chi connectivity index (χ1) is 7.90. The first kappa shape index (κ1) is 10.8. The lowest BCUT2D eigenvalue weighted by molar-refractivity contribution is 0.687. The molecule has 0 aliphatic heterocycles. The van der Waals surface area contributed by atoms with E-state index in [4.69, 9.17) is 0 Å². The Bertz CT molecular complexity index is 422. The van der Waals surface area contributed by atoms with E-state index in [2.05, 4.69) is 22.3 Å². The van der Waals surface area contributed by atoms with Gasteiger partial charge in [-0.15, -0.1) is 15.0 Å². The zero-order valence-electron chi connectivity index (χ0n) is 9.50. The van der Waals surface area contributed by atoms with Gasteiger partial charge >= 0.3 is 0 Å². The van der Waals surface area contributed by atoms with Crippen LogP contribution in [-0.2, 0) is 6.42 Å². The van der Waals surface area contributed by atoms with Crippen molar-refractivity contribution in [3.05, 3.63) is 36.2 Å². The molecular weight excluding hydrogens is 200 g/mol. The first-order valence-electron chi connectivity index (χ1n) is 5.74. The number of benzene rings is 1. The topological polar surface area (TPSA) is 43.6 Å². The van der Waals surface area contributed by atoms with Crippen LogP contribution < -0.4 is 0 Å². The number of hydrogen-bond acceptors (Lipinski definition) is 3. The number of hydrogen-bond donors (Lipinski definition) is 0. The van der Waals surface area contributed by atoms with Crippen LogP contribution in [0.3, 0.4) is 0 Å². The minimum Gasteiger partial charge on any atom is -0.131 e. The van der Waals surface area contributed by atoms with Crippen molar-refractivity contribution in [2.24, 2.45) is 0 Å².